The van der Waals surface area contributed by atoms with Crippen molar-refractivity contribution in [1.82, 2.24) is 0 Å². The van der Waals surface area contributed by atoms with Crippen molar-refractivity contribution in [2.45, 2.75) is 122 Å². The molecule has 0 aliphatic carbocycles. The zero-order valence-corrected chi connectivity index (χ0v) is 37.6. The van der Waals surface area contributed by atoms with E-state index in [1.54, 1.807) is 48.5 Å². The molecule has 6 nitrogen and oxygen atoms in total. The van der Waals surface area contributed by atoms with Crippen LogP contribution in [-0.2, 0) is 39.9 Å². The lowest BCUT2D eigenvalue weighted by atomic mass is 9.68. The van der Waals surface area contributed by atoms with Crippen molar-refractivity contribution < 1.29 is 30.6 Å². The van der Waals surface area contributed by atoms with E-state index in [0.29, 0.717) is 25.7 Å². The molecular weight excluding hydrogens is 757 g/mol. The van der Waals surface area contributed by atoms with Gasteiger partial charge >= 0.3 is 0 Å². The summed E-state index contributed by atoms with van der Waals surface area (Å²) in [6, 6.07) is 37.6. The summed E-state index contributed by atoms with van der Waals surface area (Å²) in [6.07, 6.45) is 2.21. The Morgan fingerprint density at radius 2 is 0.672 bits per heavy atom. The molecular formula is C55H64O6. The molecule has 2 unspecified atom stereocenters. The van der Waals surface area contributed by atoms with Crippen LogP contribution in [-0.4, -0.2) is 30.6 Å². The molecule has 6 N–H and O–H groups in total. The smallest absolute Gasteiger partial charge is 0.122 e. The Bertz CT molecular complexity index is 2500. The van der Waals surface area contributed by atoms with E-state index in [-0.39, 0.29) is 34.5 Å². The molecule has 0 radical (unpaired) electrons. The van der Waals surface area contributed by atoms with Crippen LogP contribution < -0.4 is 0 Å². The van der Waals surface area contributed by atoms with Gasteiger partial charge in [-0.25, -0.2) is 0 Å². The van der Waals surface area contributed by atoms with Gasteiger partial charge in [0.2, 0.25) is 0 Å². The van der Waals surface area contributed by atoms with Crippen molar-refractivity contribution >= 4 is 0 Å². The Kier molecular flexibility index (Phi) is 12.1. The molecule has 0 spiro atoms. The van der Waals surface area contributed by atoms with Crippen molar-refractivity contribution in [2.75, 3.05) is 0 Å². The quantitative estimate of drug-likeness (QED) is 0.0651. The SMILES string of the molecule is CCC(C)(Cc1cc(C(C)(C)c2ccc(O)cc2)cc(C(C)(CC)Cc2cc(C(C)(C)c3ccc(O)cc3)ccc2O)c1O)c1cc(C(C)(C)c2ccc(O)cc2)ccc1O. The van der Waals surface area contributed by atoms with E-state index in [4.69, 9.17) is 0 Å². The number of hydrogen-bond acceptors (Lipinski definition) is 6. The predicted octanol–water partition coefficient (Wildman–Crippen LogP) is 12.7. The number of phenols is 6. The Balaban J connectivity index is 1.49. The van der Waals surface area contributed by atoms with Crippen LogP contribution in [0.4, 0.5) is 0 Å². The summed E-state index contributed by atoms with van der Waals surface area (Å²) >= 11 is 0. The highest BCUT2D eigenvalue weighted by Gasteiger charge is 2.37. The minimum Gasteiger partial charge on any atom is -0.508 e. The molecule has 6 aromatic rings. The first-order valence-electron chi connectivity index (χ1n) is 21.5. The highest BCUT2D eigenvalue weighted by atomic mass is 16.3. The topological polar surface area (TPSA) is 121 Å². The van der Waals surface area contributed by atoms with Gasteiger partial charge in [-0.05, 0) is 119 Å². The average molecular weight is 821 g/mol. The van der Waals surface area contributed by atoms with Crippen LogP contribution in [0.2, 0.25) is 0 Å². The van der Waals surface area contributed by atoms with Gasteiger partial charge in [-0.2, -0.15) is 0 Å². The molecule has 61 heavy (non-hydrogen) atoms. The maximum Gasteiger partial charge on any atom is 0.122 e. The Morgan fingerprint density at radius 3 is 1.11 bits per heavy atom. The lowest BCUT2D eigenvalue weighted by Gasteiger charge is -2.37. The monoisotopic (exact) mass is 820 g/mol. The molecule has 320 valence electrons. The third kappa shape index (κ3) is 8.68. The molecule has 0 saturated carbocycles. The molecule has 0 heterocycles. The van der Waals surface area contributed by atoms with Crippen LogP contribution in [0.25, 0.3) is 0 Å². The number of phenolic OH excluding ortho intramolecular Hbond substituents is 6. The second-order valence-electron chi connectivity index (χ2n) is 19.3. The highest BCUT2D eigenvalue weighted by Crippen LogP contribution is 2.48. The molecule has 0 fully saturated rings. The summed E-state index contributed by atoms with van der Waals surface area (Å²) in [7, 11) is 0. The predicted molar refractivity (Wildman–Crippen MR) is 248 cm³/mol. The summed E-state index contributed by atoms with van der Waals surface area (Å²) in [5.41, 5.74) is 6.60. The average Bonchev–Trinajstić information content (AvgIpc) is 3.22. The maximum atomic E-state index is 12.7. The first-order chi connectivity index (χ1) is 28.5. The van der Waals surface area contributed by atoms with Gasteiger partial charge < -0.3 is 30.6 Å². The number of benzene rings is 6. The van der Waals surface area contributed by atoms with E-state index < -0.39 is 27.1 Å². The van der Waals surface area contributed by atoms with Crippen molar-refractivity contribution in [3.05, 3.63) is 177 Å². The van der Waals surface area contributed by atoms with Gasteiger partial charge in [0.1, 0.15) is 34.5 Å². The molecule has 0 aromatic heterocycles. The standard InChI is InChI=1S/C55H64O6/c1-11-54(9,46-31-41(20-28-49(46)60)52(5,6)38-15-23-44(57)24-16-38)34-36-30-42(53(7,8)39-17-25-45(58)26-18-39)32-47(50(36)61)55(10,12-2)33-35-29-40(19-27-48(35)59)51(3,4)37-13-21-43(56)22-14-37/h13-32,56-61H,11-12,33-34H2,1-10H3. The van der Waals surface area contributed by atoms with Crippen molar-refractivity contribution in [3.63, 3.8) is 0 Å². The van der Waals surface area contributed by atoms with Gasteiger partial charge in [0, 0.05) is 38.2 Å². The van der Waals surface area contributed by atoms with E-state index in [0.717, 1.165) is 55.6 Å². The van der Waals surface area contributed by atoms with Crippen LogP contribution in [0.15, 0.2) is 121 Å². The van der Waals surface area contributed by atoms with Crippen molar-refractivity contribution in [2.24, 2.45) is 0 Å². The Hall–Kier alpha value is -5.88. The van der Waals surface area contributed by atoms with Crippen LogP contribution in [0, 0.1) is 0 Å². The molecule has 0 amide bonds. The first-order valence-corrected chi connectivity index (χ1v) is 21.5. The van der Waals surface area contributed by atoms with Gasteiger partial charge in [0.25, 0.3) is 0 Å². The molecule has 0 aliphatic heterocycles. The molecule has 0 aliphatic rings. The summed E-state index contributed by atoms with van der Waals surface area (Å²) in [4.78, 5) is 0. The van der Waals surface area contributed by atoms with Crippen LogP contribution >= 0.6 is 0 Å². The molecule has 2 atom stereocenters. The Morgan fingerprint density at radius 1 is 0.344 bits per heavy atom. The van der Waals surface area contributed by atoms with Crippen LogP contribution in [0.3, 0.4) is 0 Å². The van der Waals surface area contributed by atoms with Gasteiger partial charge in [-0.15, -0.1) is 0 Å². The third-order valence-corrected chi connectivity index (χ3v) is 14.2. The fourth-order valence-corrected chi connectivity index (χ4v) is 8.97. The molecule has 0 saturated heterocycles. The van der Waals surface area contributed by atoms with E-state index in [1.807, 2.05) is 48.5 Å². The highest BCUT2D eigenvalue weighted by molar-refractivity contribution is 5.56. The van der Waals surface area contributed by atoms with Crippen molar-refractivity contribution in [1.29, 1.82) is 0 Å². The number of aromatic hydroxyl groups is 6. The van der Waals surface area contributed by atoms with E-state index in [9.17, 15) is 30.6 Å². The molecule has 6 rings (SSSR count). The minimum absolute atomic E-state index is 0.189. The largest absolute Gasteiger partial charge is 0.508 e. The molecule has 6 heteroatoms. The van der Waals surface area contributed by atoms with Gasteiger partial charge in [0.15, 0.2) is 0 Å². The first kappa shape index (κ1) is 44.7. The molecule has 6 aromatic carbocycles. The Labute approximate surface area is 362 Å². The van der Waals surface area contributed by atoms with Gasteiger partial charge in [-0.3, -0.25) is 0 Å². The summed E-state index contributed by atoms with van der Waals surface area (Å²) < 4.78 is 0. The van der Waals surface area contributed by atoms with E-state index in [1.165, 1.54) is 0 Å². The minimum atomic E-state index is -0.628. The zero-order chi connectivity index (χ0) is 44.7. The number of rotatable bonds is 14. The summed E-state index contributed by atoms with van der Waals surface area (Å²) in [5, 5.41) is 65.9. The summed E-state index contributed by atoms with van der Waals surface area (Å²) in [5.74, 6) is 1.19. The fourth-order valence-electron chi connectivity index (χ4n) is 8.97. The molecule has 0 bridgehead atoms. The number of hydrogen-bond donors (Lipinski definition) is 6. The lowest BCUT2D eigenvalue weighted by molar-refractivity contribution is 0.376. The third-order valence-electron chi connectivity index (χ3n) is 14.2. The van der Waals surface area contributed by atoms with Gasteiger partial charge in [0.05, 0.1) is 0 Å². The normalized spacial score (nSPS) is 14.3. The van der Waals surface area contributed by atoms with E-state index in [2.05, 4.69) is 93.5 Å². The second kappa shape index (κ2) is 16.5. The summed E-state index contributed by atoms with van der Waals surface area (Å²) in [6.45, 7) is 21.4. The fraction of sp³-hybridized carbons (Fsp3) is 0.345. The van der Waals surface area contributed by atoms with Crippen molar-refractivity contribution in [3.8, 4) is 34.5 Å². The zero-order valence-electron chi connectivity index (χ0n) is 37.6. The van der Waals surface area contributed by atoms with E-state index >= 15 is 0 Å². The second-order valence-corrected chi connectivity index (χ2v) is 19.3. The van der Waals surface area contributed by atoms with Crippen LogP contribution in [0.5, 0.6) is 34.5 Å². The van der Waals surface area contributed by atoms with Crippen LogP contribution in [0.1, 0.15) is 138 Å². The van der Waals surface area contributed by atoms with Gasteiger partial charge in [-0.1, -0.05) is 142 Å². The lowest BCUT2D eigenvalue weighted by Crippen LogP contribution is -2.29. The maximum absolute atomic E-state index is 12.7.